The maximum Gasteiger partial charge on any atom is 0.119 e. The number of aliphatic hydroxyl groups is 1. The van der Waals surface area contributed by atoms with E-state index in [1.54, 1.807) is 0 Å². The maximum absolute atomic E-state index is 9.72. The van der Waals surface area contributed by atoms with Crippen molar-refractivity contribution in [3.63, 3.8) is 0 Å². The van der Waals surface area contributed by atoms with E-state index >= 15 is 0 Å². The Morgan fingerprint density at radius 2 is 1.94 bits per heavy atom. The number of ether oxygens (including phenoxy) is 1. The van der Waals surface area contributed by atoms with Crippen molar-refractivity contribution in [2.45, 2.75) is 38.2 Å². The SMILES string of the molecule is OC(CCOc1ccccc1)CCC1CC1. The molecular weight excluding hydrogens is 200 g/mol. The van der Waals surface area contributed by atoms with Crippen LogP contribution in [0.4, 0.5) is 0 Å². The van der Waals surface area contributed by atoms with Crippen LogP contribution < -0.4 is 4.74 Å². The summed E-state index contributed by atoms with van der Waals surface area (Å²) in [4.78, 5) is 0. The third-order valence-corrected chi connectivity index (χ3v) is 3.07. The Kier molecular flexibility index (Phi) is 4.23. The molecular formula is C14H20O2. The number of hydrogen-bond acceptors (Lipinski definition) is 2. The summed E-state index contributed by atoms with van der Waals surface area (Å²) in [5, 5.41) is 9.72. The van der Waals surface area contributed by atoms with E-state index in [0.29, 0.717) is 6.61 Å². The molecule has 0 aromatic heterocycles. The molecule has 0 amide bonds. The number of para-hydroxylation sites is 1. The Labute approximate surface area is 97.3 Å². The van der Waals surface area contributed by atoms with E-state index in [0.717, 1.165) is 24.5 Å². The first kappa shape index (κ1) is 11.5. The Morgan fingerprint density at radius 3 is 2.62 bits per heavy atom. The van der Waals surface area contributed by atoms with Crippen LogP contribution in [0.3, 0.4) is 0 Å². The predicted molar refractivity (Wildman–Crippen MR) is 64.5 cm³/mol. The lowest BCUT2D eigenvalue weighted by atomic mass is 10.1. The molecule has 1 unspecified atom stereocenters. The van der Waals surface area contributed by atoms with Crippen LogP contribution in [0.15, 0.2) is 30.3 Å². The molecule has 0 heterocycles. The normalized spacial score (nSPS) is 17.1. The van der Waals surface area contributed by atoms with Crippen molar-refractivity contribution in [3.8, 4) is 5.75 Å². The molecule has 0 bridgehead atoms. The molecule has 1 aliphatic carbocycles. The fourth-order valence-corrected chi connectivity index (χ4v) is 1.81. The van der Waals surface area contributed by atoms with Gasteiger partial charge in [0.2, 0.25) is 0 Å². The zero-order valence-corrected chi connectivity index (χ0v) is 9.64. The summed E-state index contributed by atoms with van der Waals surface area (Å²) in [6.07, 6.45) is 5.40. The molecule has 1 atom stereocenters. The quantitative estimate of drug-likeness (QED) is 0.765. The fraction of sp³-hybridized carbons (Fsp3) is 0.571. The summed E-state index contributed by atoms with van der Waals surface area (Å²) in [6.45, 7) is 0.607. The highest BCUT2D eigenvalue weighted by Gasteiger charge is 2.21. The molecule has 0 radical (unpaired) electrons. The standard InChI is InChI=1S/C14H20O2/c15-13(9-8-12-6-7-12)10-11-16-14-4-2-1-3-5-14/h1-5,12-13,15H,6-11H2. The third-order valence-electron chi connectivity index (χ3n) is 3.07. The van der Waals surface area contributed by atoms with Gasteiger partial charge in [-0.05, 0) is 30.9 Å². The molecule has 1 aromatic carbocycles. The first-order chi connectivity index (χ1) is 7.84. The van der Waals surface area contributed by atoms with Gasteiger partial charge < -0.3 is 9.84 Å². The van der Waals surface area contributed by atoms with Gasteiger partial charge in [-0.3, -0.25) is 0 Å². The molecule has 1 fully saturated rings. The van der Waals surface area contributed by atoms with E-state index in [4.69, 9.17) is 4.74 Å². The highest BCUT2D eigenvalue weighted by molar-refractivity contribution is 5.20. The van der Waals surface area contributed by atoms with Crippen LogP contribution in [0, 0.1) is 5.92 Å². The largest absolute Gasteiger partial charge is 0.493 e. The van der Waals surface area contributed by atoms with E-state index in [-0.39, 0.29) is 6.10 Å². The van der Waals surface area contributed by atoms with E-state index in [1.807, 2.05) is 30.3 Å². The zero-order chi connectivity index (χ0) is 11.2. The van der Waals surface area contributed by atoms with Crippen molar-refractivity contribution in [2.75, 3.05) is 6.61 Å². The molecule has 0 saturated heterocycles. The van der Waals surface area contributed by atoms with Gasteiger partial charge in [0.05, 0.1) is 12.7 Å². The van der Waals surface area contributed by atoms with Gasteiger partial charge in [0.25, 0.3) is 0 Å². The molecule has 1 saturated carbocycles. The maximum atomic E-state index is 9.72. The second kappa shape index (κ2) is 5.90. The topological polar surface area (TPSA) is 29.5 Å². The summed E-state index contributed by atoms with van der Waals surface area (Å²) < 4.78 is 5.54. The summed E-state index contributed by atoms with van der Waals surface area (Å²) in [5.74, 6) is 1.79. The molecule has 2 rings (SSSR count). The van der Waals surface area contributed by atoms with Crippen LogP contribution in [-0.2, 0) is 0 Å². The van der Waals surface area contributed by atoms with Crippen molar-refractivity contribution in [3.05, 3.63) is 30.3 Å². The van der Waals surface area contributed by atoms with Crippen LogP contribution in [0.25, 0.3) is 0 Å². The molecule has 0 spiro atoms. The van der Waals surface area contributed by atoms with Crippen molar-refractivity contribution in [1.82, 2.24) is 0 Å². The number of aliphatic hydroxyl groups excluding tert-OH is 1. The fourth-order valence-electron chi connectivity index (χ4n) is 1.81. The van der Waals surface area contributed by atoms with Gasteiger partial charge in [0.1, 0.15) is 5.75 Å². The van der Waals surface area contributed by atoms with Crippen LogP contribution >= 0.6 is 0 Å². The van der Waals surface area contributed by atoms with Crippen LogP contribution in [0.5, 0.6) is 5.75 Å². The summed E-state index contributed by atoms with van der Waals surface area (Å²) in [7, 11) is 0. The Balaban J connectivity index is 1.56. The Morgan fingerprint density at radius 1 is 1.19 bits per heavy atom. The Bertz CT molecular complexity index is 293. The van der Waals surface area contributed by atoms with Gasteiger partial charge in [-0.1, -0.05) is 31.0 Å². The number of benzene rings is 1. The van der Waals surface area contributed by atoms with Crippen LogP contribution in [0.1, 0.15) is 32.1 Å². The number of rotatable bonds is 7. The van der Waals surface area contributed by atoms with Crippen molar-refractivity contribution < 1.29 is 9.84 Å². The molecule has 1 aromatic rings. The first-order valence-corrected chi connectivity index (χ1v) is 6.20. The van der Waals surface area contributed by atoms with Gasteiger partial charge in [-0.25, -0.2) is 0 Å². The minimum Gasteiger partial charge on any atom is -0.493 e. The van der Waals surface area contributed by atoms with Gasteiger partial charge in [-0.15, -0.1) is 0 Å². The summed E-state index contributed by atoms with van der Waals surface area (Å²) in [5.41, 5.74) is 0. The molecule has 88 valence electrons. The van der Waals surface area contributed by atoms with Crippen molar-refractivity contribution in [1.29, 1.82) is 0 Å². The second-order valence-electron chi connectivity index (χ2n) is 4.62. The zero-order valence-electron chi connectivity index (χ0n) is 9.64. The minimum absolute atomic E-state index is 0.190. The molecule has 16 heavy (non-hydrogen) atoms. The first-order valence-electron chi connectivity index (χ1n) is 6.20. The number of hydrogen-bond donors (Lipinski definition) is 1. The monoisotopic (exact) mass is 220 g/mol. The van der Waals surface area contributed by atoms with E-state index in [2.05, 4.69) is 0 Å². The highest BCUT2D eigenvalue weighted by Crippen LogP contribution is 2.34. The van der Waals surface area contributed by atoms with Crippen molar-refractivity contribution in [2.24, 2.45) is 5.92 Å². The smallest absolute Gasteiger partial charge is 0.119 e. The predicted octanol–water partition coefficient (Wildman–Crippen LogP) is 3.01. The average Bonchev–Trinajstić information content (AvgIpc) is 3.12. The molecule has 2 heteroatoms. The van der Waals surface area contributed by atoms with E-state index < -0.39 is 0 Å². The van der Waals surface area contributed by atoms with Crippen LogP contribution in [-0.4, -0.2) is 17.8 Å². The van der Waals surface area contributed by atoms with Crippen LogP contribution in [0.2, 0.25) is 0 Å². The summed E-state index contributed by atoms with van der Waals surface area (Å²) >= 11 is 0. The van der Waals surface area contributed by atoms with Gasteiger partial charge in [-0.2, -0.15) is 0 Å². The lowest BCUT2D eigenvalue weighted by molar-refractivity contribution is 0.127. The Hall–Kier alpha value is -1.02. The summed E-state index contributed by atoms with van der Waals surface area (Å²) in [6, 6.07) is 9.77. The lowest BCUT2D eigenvalue weighted by Gasteiger charge is -2.11. The molecule has 1 N–H and O–H groups in total. The van der Waals surface area contributed by atoms with Gasteiger partial charge in [0.15, 0.2) is 0 Å². The van der Waals surface area contributed by atoms with Crippen molar-refractivity contribution >= 4 is 0 Å². The molecule has 1 aliphatic rings. The second-order valence-corrected chi connectivity index (χ2v) is 4.62. The van der Waals surface area contributed by atoms with Gasteiger partial charge in [0, 0.05) is 6.42 Å². The van der Waals surface area contributed by atoms with E-state index in [1.165, 1.54) is 19.3 Å². The lowest BCUT2D eigenvalue weighted by Crippen LogP contribution is -2.12. The van der Waals surface area contributed by atoms with Gasteiger partial charge >= 0.3 is 0 Å². The van der Waals surface area contributed by atoms with E-state index in [9.17, 15) is 5.11 Å². The molecule has 0 aliphatic heterocycles. The minimum atomic E-state index is -0.190. The third kappa shape index (κ3) is 4.23. The highest BCUT2D eigenvalue weighted by atomic mass is 16.5. The average molecular weight is 220 g/mol. The molecule has 2 nitrogen and oxygen atoms in total.